The Morgan fingerprint density at radius 1 is 1.33 bits per heavy atom. The van der Waals surface area contributed by atoms with Crippen LogP contribution < -0.4 is 11.1 Å². The number of primary amides is 1. The number of rotatable bonds is 5. The maximum Gasteiger partial charge on any atom is 0.220 e. The third-order valence-electron chi connectivity index (χ3n) is 1.08. The second-order valence-corrected chi connectivity index (χ2v) is 2.25. The van der Waals surface area contributed by atoms with E-state index < -0.39 is 18.1 Å². The molecule has 12 heavy (non-hydrogen) atoms. The Labute approximate surface area is 69.4 Å². The summed E-state index contributed by atoms with van der Waals surface area (Å²) in [7, 11) is 0. The van der Waals surface area contributed by atoms with E-state index in [0.717, 1.165) is 0 Å². The topological polar surface area (TPSA) is 113 Å². The highest BCUT2D eigenvalue weighted by Gasteiger charge is 2.04. The van der Waals surface area contributed by atoms with Crippen LogP contribution in [-0.2, 0) is 9.59 Å². The predicted octanol–water partition coefficient (Wildman–Crippen LogP) is -2.32. The molecule has 0 unspecified atom stereocenters. The maximum absolute atomic E-state index is 10.7. The lowest BCUT2D eigenvalue weighted by Crippen LogP contribution is -2.32. The number of aliphatic hydroxyl groups is 2. The van der Waals surface area contributed by atoms with Crippen LogP contribution in [0.3, 0.4) is 0 Å². The van der Waals surface area contributed by atoms with E-state index in [4.69, 9.17) is 15.9 Å². The van der Waals surface area contributed by atoms with E-state index in [1.165, 1.54) is 0 Å². The van der Waals surface area contributed by atoms with E-state index in [1.807, 2.05) is 0 Å². The van der Waals surface area contributed by atoms with E-state index in [-0.39, 0.29) is 19.4 Å². The molecule has 6 nitrogen and oxygen atoms in total. The van der Waals surface area contributed by atoms with Crippen molar-refractivity contribution in [3.8, 4) is 0 Å². The van der Waals surface area contributed by atoms with Crippen LogP contribution in [0.15, 0.2) is 0 Å². The van der Waals surface area contributed by atoms with Crippen molar-refractivity contribution in [1.82, 2.24) is 5.32 Å². The molecule has 5 N–H and O–H groups in total. The summed E-state index contributed by atoms with van der Waals surface area (Å²) in [4.78, 5) is 20.9. The van der Waals surface area contributed by atoms with E-state index in [2.05, 4.69) is 5.32 Å². The summed E-state index contributed by atoms with van der Waals surface area (Å²) < 4.78 is 0. The molecule has 0 aromatic carbocycles. The highest BCUT2D eigenvalue weighted by atomic mass is 16.5. The molecule has 0 aliphatic rings. The molecule has 2 amide bonds. The highest BCUT2D eigenvalue weighted by Crippen LogP contribution is 1.86. The number of aliphatic hydroxyl groups excluding tert-OH is 1. The van der Waals surface area contributed by atoms with Gasteiger partial charge in [-0.05, 0) is 0 Å². The van der Waals surface area contributed by atoms with Crippen molar-refractivity contribution in [1.29, 1.82) is 0 Å². The average Bonchev–Trinajstić information content (AvgIpc) is 1.96. The van der Waals surface area contributed by atoms with Gasteiger partial charge in [-0.15, -0.1) is 0 Å². The van der Waals surface area contributed by atoms with Gasteiger partial charge in [-0.1, -0.05) is 0 Å². The van der Waals surface area contributed by atoms with Crippen molar-refractivity contribution < 1.29 is 19.8 Å². The molecule has 0 atom stereocenters. The number of carbonyl (C=O) groups is 2. The lowest BCUT2D eigenvalue weighted by molar-refractivity contribution is -0.126. The molecule has 0 spiro atoms. The number of hydrogen-bond acceptors (Lipinski definition) is 4. The van der Waals surface area contributed by atoms with Crippen LogP contribution in [0.2, 0.25) is 0 Å². The van der Waals surface area contributed by atoms with E-state index in [9.17, 15) is 9.59 Å². The minimum absolute atomic E-state index is 0.0257. The molecule has 0 radical (unpaired) electrons. The second kappa shape index (κ2) is 5.50. The summed E-state index contributed by atoms with van der Waals surface area (Å²) in [5.41, 5.74) is 4.78. The summed E-state index contributed by atoms with van der Waals surface area (Å²) in [6.07, 6.45) is -1.63. The molecular weight excluding hydrogens is 164 g/mol. The smallest absolute Gasteiger partial charge is 0.220 e. The number of nitrogens with one attached hydrogen (secondary N) is 1. The average molecular weight is 176 g/mol. The molecule has 0 rings (SSSR count). The third kappa shape index (κ3) is 6.97. The Morgan fingerprint density at radius 2 is 1.92 bits per heavy atom. The summed E-state index contributed by atoms with van der Waals surface area (Å²) in [5, 5.41) is 18.8. The van der Waals surface area contributed by atoms with Crippen molar-refractivity contribution in [2.45, 2.75) is 19.1 Å². The fourth-order valence-corrected chi connectivity index (χ4v) is 0.530. The molecule has 0 aliphatic carbocycles. The maximum atomic E-state index is 10.7. The molecule has 0 heterocycles. The van der Waals surface area contributed by atoms with Crippen LogP contribution in [-0.4, -0.2) is 34.9 Å². The van der Waals surface area contributed by atoms with Gasteiger partial charge in [0.05, 0.1) is 6.54 Å². The van der Waals surface area contributed by atoms with Gasteiger partial charge in [0.15, 0.2) is 6.29 Å². The SMILES string of the molecule is NC(=O)CCC(=O)NCC(O)O. The van der Waals surface area contributed by atoms with Crippen molar-refractivity contribution in [2.75, 3.05) is 6.54 Å². The first-order chi connectivity index (χ1) is 5.52. The van der Waals surface area contributed by atoms with Gasteiger partial charge >= 0.3 is 0 Å². The lowest BCUT2D eigenvalue weighted by atomic mass is 10.3. The Hall–Kier alpha value is -1.14. The number of amides is 2. The number of nitrogens with two attached hydrogens (primary N) is 1. The zero-order valence-electron chi connectivity index (χ0n) is 6.49. The first kappa shape index (κ1) is 10.9. The minimum Gasteiger partial charge on any atom is -0.370 e. The van der Waals surface area contributed by atoms with Gasteiger partial charge in [0.1, 0.15) is 0 Å². The first-order valence-electron chi connectivity index (χ1n) is 3.43. The van der Waals surface area contributed by atoms with Gasteiger partial charge in [0.2, 0.25) is 11.8 Å². The van der Waals surface area contributed by atoms with Crippen molar-refractivity contribution in [3.63, 3.8) is 0 Å². The van der Waals surface area contributed by atoms with Crippen LogP contribution >= 0.6 is 0 Å². The van der Waals surface area contributed by atoms with Crippen LogP contribution in [0.4, 0.5) is 0 Å². The summed E-state index contributed by atoms with van der Waals surface area (Å²) in [6, 6.07) is 0. The molecule has 70 valence electrons. The Morgan fingerprint density at radius 3 is 2.33 bits per heavy atom. The normalized spacial score (nSPS) is 9.92. The summed E-state index contributed by atoms with van der Waals surface area (Å²) in [6.45, 7) is -0.238. The molecule has 0 aromatic rings. The van der Waals surface area contributed by atoms with Gasteiger partial charge < -0.3 is 21.3 Å². The van der Waals surface area contributed by atoms with Crippen molar-refractivity contribution in [2.24, 2.45) is 5.73 Å². The first-order valence-corrected chi connectivity index (χ1v) is 3.43. The molecule has 0 bridgehead atoms. The predicted molar refractivity (Wildman–Crippen MR) is 39.7 cm³/mol. The Balaban J connectivity index is 3.40. The van der Waals surface area contributed by atoms with Gasteiger partial charge in [-0.2, -0.15) is 0 Å². The third-order valence-corrected chi connectivity index (χ3v) is 1.08. The van der Waals surface area contributed by atoms with Crippen molar-refractivity contribution in [3.05, 3.63) is 0 Å². The Bertz CT molecular complexity index is 169. The molecule has 6 heteroatoms. The standard InChI is InChI=1S/C6H12N2O4/c7-4(9)1-2-5(10)8-3-6(11)12/h6,11-12H,1-3H2,(H2,7,9)(H,8,10). The monoisotopic (exact) mass is 176 g/mol. The second-order valence-electron chi connectivity index (χ2n) is 2.25. The van der Waals surface area contributed by atoms with Gasteiger partial charge in [0.25, 0.3) is 0 Å². The number of carbonyl (C=O) groups excluding carboxylic acids is 2. The van der Waals surface area contributed by atoms with E-state index in [0.29, 0.717) is 0 Å². The minimum atomic E-state index is -1.57. The van der Waals surface area contributed by atoms with Gasteiger partial charge in [-0.25, -0.2) is 0 Å². The fraction of sp³-hybridized carbons (Fsp3) is 0.667. The van der Waals surface area contributed by atoms with Crippen LogP contribution in [0.1, 0.15) is 12.8 Å². The molecule has 0 saturated carbocycles. The van der Waals surface area contributed by atoms with Crippen LogP contribution in [0, 0.1) is 0 Å². The lowest BCUT2D eigenvalue weighted by Gasteiger charge is -2.04. The summed E-state index contributed by atoms with van der Waals surface area (Å²) in [5.74, 6) is -0.989. The highest BCUT2D eigenvalue weighted by molar-refractivity contribution is 5.82. The summed E-state index contributed by atoms with van der Waals surface area (Å²) >= 11 is 0. The molecular formula is C6H12N2O4. The zero-order chi connectivity index (χ0) is 9.56. The fourth-order valence-electron chi connectivity index (χ4n) is 0.530. The van der Waals surface area contributed by atoms with Crippen LogP contribution in [0.5, 0.6) is 0 Å². The molecule has 0 aliphatic heterocycles. The molecule has 0 fully saturated rings. The van der Waals surface area contributed by atoms with Crippen LogP contribution in [0.25, 0.3) is 0 Å². The number of hydrogen-bond donors (Lipinski definition) is 4. The van der Waals surface area contributed by atoms with Crippen molar-refractivity contribution >= 4 is 11.8 Å². The van der Waals surface area contributed by atoms with E-state index in [1.54, 1.807) is 0 Å². The zero-order valence-corrected chi connectivity index (χ0v) is 6.49. The Kier molecular flexibility index (Phi) is 4.98. The molecule has 0 saturated heterocycles. The largest absolute Gasteiger partial charge is 0.370 e. The quantitative estimate of drug-likeness (QED) is 0.352. The van der Waals surface area contributed by atoms with Gasteiger partial charge in [-0.3, -0.25) is 9.59 Å². The molecule has 0 aromatic heterocycles. The van der Waals surface area contributed by atoms with Gasteiger partial charge in [0, 0.05) is 12.8 Å². The van der Waals surface area contributed by atoms with E-state index >= 15 is 0 Å².